The number of hydrogen-bond donors (Lipinski definition) is 5. The van der Waals surface area contributed by atoms with E-state index in [1.165, 1.54) is 17.3 Å². The van der Waals surface area contributed by atoms with Gasteiger partial charge in [-0.05, 0) is 44.4 Å². The molecule has 0 aliphatic rings. The second-order valence-electron chi connectivity index (χ2n) is 7.34. The van der Waals surface area contributed by atoms with Crippen LogP contribution < -0.4 is 21.3 Å². The van der Waals surface area contributed by atoms with Gasteiger partial charge in [0.1, 0.15) is 5.75 Å². The molecule has 0 bridgehead atoms. The average Bonchev–Trinajstić information content (AvgIpc) is 2.81. The molecule has 0 saturated heterocycles. The van der Waals surface area contributed by atoms with Gasteiger partial charge in [0, 0.05) is 47.5 Å². The Balaban J connectivity index is 1.90. The number of rotatable bonds is 16. The SMILES string of the molecule is C=C(SCCNC(=O)NCCCCCCNC(=O)NCCSc1ccccc1O)/C(C)=C\C. The highest BCUT2D eigenvalue weighted by molar-refractivity contribution is 8.03. The van der Waals surface area contributed by atoms with Gasteiger partial charge in [0.25, 0.3) is 0 Å². The minimum atomic E-state index is -0.172. The lowest BCUT2D eigenvalue weighted by Gasteiger charge is -2.09. The van der Waals surface area contributed by atoms with Crippen LogP contribution >= 0.6 is 23.5 Å². The highest BCUT2D eigenvalue weighted by atomic mass is 32.2. The first kappa shape index (κ1) is 28.8. The van der Waals surface area contributed by atoms with Crippen LogP contribution in [0.2, 0.25) is 0 Å². The van der Waals surface area contributed by atoms with Crippen molar-refractivity contribution in [2.45, 2.75) is 44.4 Å². The third-order valence-electron chi connectivity index (χ3n) is 4.72. The molecule has 0 fully saturated rings. The molecule has 0 aliphatic carbocycles. The maximum absolute atomic E-state index is 11.8. The maximum atomic E-state index is 11.8. The number of unbranched alkanes of at least 4 members (excludes halogenated alkanes) is 3. The van der Waals surface area contributed by atoms with Crippen LogP contribution in [0.25, 0.3) is 0 Å². The fourth-order valence-corrected chi connectivity index (χ4v) is 4.26. The number of thioether (sulfide) groups is 2. The van der Waals surface area contributed by atoms with Gasteiger partial charge in [-0.2, -0.15) is 0 Å². The van der Waals surface area contributed by atoms with Gasteiger partial charge in [-0.3, -0.25) is 0 Å². The lowest BCUT2D eigenvalue weighted by atomic mass is 10.2. The molecule has 0 saturated carbocycles. The molecule has 0 radical (unpaired) electrons. The number of urea groups is 2. The number of carbonyl (C=O) groups is 2. The van der Waals surface area contributed by atoms with Crippen LogP contribution in [0.3, 0.4) is 0 Å². The molecule has 1 aromatic rings. The van der Waals surface area contributed by atoms with Crippen LogP contribution in [0.15, 0.2) is 52.3 Å². The molecule has 184 valence electrons. The Labute approximate surface area is 206 Å². The van der Waals surface area contributed by atoms with Gasteiger partial charge in [-0.25, -0.2) is 9.59 Å². The van der Waals surface area contributed by atoms with Gasteiger partial charge in [0.15, 0.2) is 0 Å². The van der Waals surface area contributed by atoms with Crippen LogP contribution in [0.1, 0.15) is 39.5 Å². The maximum Gasteiger partial charge on any atom is 0.314 e. The number of phenolic OH excluding ortho intramolecular Hbond substituents is 1. The molecule has 33 heavy (non-hydrogen) atoms. The van der Waals surface area contributed by atoms with E-state index >= 15 is 0 Å². The Hall–Kier alpha value is -2.26. The number of para-hydroxylation sites is 1. The number of aromatic hydroxyl groups is 1. The lowest BCUT2D eigenvalue weighted by Crippen LogP contribution is -2.37. The van der Waals surface area contributed by atoms with Gasteiger partial charge in [0.2, 0.25) is 0 Å². The summed E-state index contributed by atoms with van der Waals surface area (Å²) in [5, 5.41) is 21.1. The molecule has 0 aliphatic heterocycles. The number of phenols is 1. The molecule has 0 aromatic heterocycles. The van der Waals surface area contributed by atoms with Crippen molar-refractivity contribution in [3.8, 4) is 5.75 Å². The van der Waals surface area contributed by atoms with Crippen LogP contribution in [-0.2, 0) is 0 Å². The summed E-state index contributed by atoms with van der Waals surface area (Å²) in [6.45, 7) is 10.4. The molecule has 7 nitrogen and oxygen atoms in total. The van der Waals surface area contributed by atoms with Crippen LogP contribution in [0.5, 0.6) is 5.75 Å². The highest BCUT2D eigenvalue weighted by Crippen LogP contribution is 2.26. The van der Waals surface area contributed by atoms with E-state index in [0.717, 1.165) is 41.2 Å². The number of carbonyl (C=O) groups excluding carboxylic acids is 2. The van der Waals surface area contributed by atoms with Crippen molar-refractivity contribution in [1.82, 2.24) is 21.3 Å². The van der Waals surface area contributed by atoms with E-state index in [4.69, 9.17) is 0 Å². The van der Waals surface area contributed by atoms with Crippen molar-refractivity contribution in [2.75, 3.05) is 37.7 Å². The summed E-state index contributed by atoms with van der Waals surface area (Å²) in [6.07, 6.45) is 5.84. The normalized spacial score (nSPS) is 11.0. The van der Waals surface area contributed by atoms with Gasteiger partial charge in [-0.1, -0.05) is 37.6 Å². The Kier molecular flexibility index (Phi) is 15.9. The fourth-order valence-electron chi connectivity index (χ4n) is 2.65. The van der Waals surface area contributed by atoms with Crippen molar-refractivity contribution in [2.24, 2.45) is 0 Å². The Bertz CT molecular complexity index is 772. The lowest BCUT2D eigenvalue weighted by molar-refractivity contribution is 0.240. The quantitative estimate of drug-likeness (QED) is 0.128. The number of hydrogen-bond acceptors (Lipinski definition) is 5. The topological polar surface area (TPSA) is 102 Å². The number of allylic oxidation sites excluding steroid dienone is 2. The molecule has 0 atom stereocenters. The second-order valence-corrected chi connectivity index (χ2v) is 9.67. The monoisotopic (exact) mass is 494 g/mol. The standard InChI is InChI=1S/C24H38N4O3S2/c1-4-19(2)20(3)32-17-15-27-23(30)25-13-9-5-6-10-14-26-24(31)28-16-18-33-22-12-8-7-11-21(22)29/h4,7-8,11-12,29H,3,5-6,9-10,13-18H2,1-2H3,(H2,25,27,30)(H2,26,28,31)/b19-4-. The highest BCUT2D eigenvalue weighted by Gasteiger charge is 2.03. The second kappa shape index (κ2) is 18.2. The summed E-state index contributed by atoms with van der Waals surface area (Å²) >= 11 is 3.15. The summed E-state index contributed by atoms with van der Waals surface area (Å²) in [7, 11) is 0. The predicted molar refractivity (Wildman–Crippen MR) is 141 cm³/mol. The van der Waals surface area contributed by atoms with E-state index in [1.807, 2.05) is 32.1 Å². The summed E-state index contributed by atoms with van der Waals surface area (Å²) in [6, 6.07) is 6.86. The third kappa shape index (κ3) is 14.5. The molecule has 5 N–H and O–H groups in total. The van der Waals surface area contributed by atoms with Crippen molar-refractivity contribution in [1.29, 1.82) is 0 Å². The zero-order valence-corrected chi connectivity index (χ0v) is 21.4. The fraction of sp³-hybridized carbons (Fsp3) is 0.500. The van der Waals surface area contributed by atoms with E-state index < -0.39 is 0 Å². The first-order valence-corrected chi connectivity index (χ1v) is 13.3. The summed E-state index contributed by atoms with van der Waals surface area (Å²) in [4.78, 5) is 25.4. The molecule has 0 heterocycles. The van der Waals surface area contributed by atoms with E-state index in [1.54, 1.807) is 23.9 Å². The summed E-state index contributed by atoms with van der Waals surface area (Å²) in [5.41, 5.74) is 1.17. The zero-order valence-electron chi connectivity index (χ0n) is 19.7. The molecule has 1 aromatic carbocycles. The van der Waals surface area contributed by atoms with Gasteiger partial charge >= 0.3 is 12.1 Å². The van der Waals surface area contributed by atoms with Gasteiger partial charge < -0.3 is 26.4 Å². The molecular formula is C24H38N4O3S2. The van der Waals surface area contributed by atoms with Gasteiger partial charge in [-0.15, -0.1) is 23.5 Å². The number of benzene rings is 1. The minimum absolute atomic E-state index is 0.136. The van der Waals surface area contributed by atoms with Crippen molar-refractivity contribution in [3.63, 3.8) is 0 Å². The van der Waals surface area contributed by atoms with E-state index in [-0.39, 0.29) is 17.8 Å². The first-order valence-electron chi connectivity index (χ1n) is 11.3. The van der Waals surface area contributed by atoms with Crippen molar-refractivity contribution < 1.29 is 14.7 Å². The summed E-state index contributed by atoms with van der Waals surface area (Å²) in [5.74, 6) is 1.75. The molecule has 0 unspecified atom stereocenters. The van der Waals surface area contributed by atoms with Crippen LogP contribution in [-0.4, -0.2) is 54.9 Å². The van der Waals surface area contributed by atoms with E-state index in [0.29, 0.717) is 31.9 Å². The molecule has 4 amide bonds. The largest absolute Gasteiger partial charge is 0.507 e. The number of amides is 4. The predicted octanol–water partition coefficient (Wildman–Crippen LogP) is 4.86. The molecule has 9 heteroatoms. The smallest absolute Gasteiger partial charge is 0.314 e. The van der Waals surface area contributed by atoms with Crippen LogP contribution in [0, 0.1) is 0 Å². The molecule has 1 rings (SSSR count). The van der Waals surface area contributed by atoms with E-state index in [9.17, 15) is 14.7 Å². The van der Waals surface area contributed by atoms with Gasteiger partial charge in [0.05, 0.1) is 0 Å². The van der Waals surface area contributed by atoms with Crippen molar-refractivity contribution in [3.05, 3.63) is 47.4 Å². The minimum Gasteiger partial charge on any atom is -0.507 e. The first-order chi connectivity index (χ1) is 15.9. The molecule has 0 spiro atoms. The summed E-state index contributed by atoms with van der Waals surface area (Å²) < 4.78 is 0. The zero-order chi connectivity index (χ0) is 24.3. The Morgan fingerprint density at radius 1 is 0.909 bits per heavy atom. The Morgan fingerprint density at radius 2 is 1.45 bits per heavy atom. The molecular weight excluding hydrogens is 456 g/mol. The van der Waals surface area contributed by atoms with Crippen molar-refractivity contribution >= 4 is 35.6 Å². The third-order valence-corrected chi connectivity index (χ3v) is 6.87. The van der Waals surface area contributed by atoms with E-state index in [2.05, 4.69) is 27.8 Å². The van der Waals surface area contributed by atoms with Crippen LogP contribution in [0.4, 0.5) is 9.59 Å². The average molecular weight is 495 g/mol. The Morgan fingerprint density at radius 3 is 2.03 bits per heavy atom. The number of nitrogens with one attached hydrogen (secondary N) is 4.